The van der Waals surface area contributed by atoms with Crippen molar-refractivity contribution in [1.82, 2.24) is 9.97 Å². The summed E-state index contributed by atoms with van der Waals surface area (Å²) in [5.41, 5.74) is 0.379. The molecule has 9 heteroatoms. The number of anilines is 1. The molecule has 0 aliphatic rings. The van der Waals surface area contributed by atoms with Crippen LogP contribution >= 0.6 is 15.9 Å². The third-order valence-corrected chi connectivity index (χ3v) is 5.25. The van der Waals surface area contributed by atoms with Crippen molar-refractivity contribution in [1.29, 1.82) is 0 Å². The molecule has 0 atom stereocenters. The number of aromatic nitrogens is 2. The van der Waals surface area contributed by atoms with Crippen LogP contribution in [-0.4, -0.2) is 29.5 Å². The molecule has 7 nitrogen and oxygen atoms in total. The number of hydrogen-bond acceptors (Lipinski definition) is 5. The van der Waals surface area contributed by atoms with Gasteiger partial charge >= 0.3 is 5.97 Å². The van der Waals surface area contributed by atoms with Crippen molar-refractivity contribution in [2.24, 2.45) is 0 Å². The summed E-state index contributed by atoms with van der Waals surface area (Å²) >= 11 is 3.16. The zero-order valence-electron chi connectivity index (χ0n) is 10.7. The van der Waals surface area contributed by atoms with Crippen LogP contribution in [0.4, 0.5) is 5.82 Å². The fourth-order valence-electron chi connectivity index (χ4n) is 1.60. The second kappa shape index (κ2) is 5.78. The topological polar surface area (TPSA) is 109 Å². The number of sulfonamides is 1. The summed E-state index contributed by atoms with van der Waals surface area (Å²) in [5, 5.41) is 9.03. The molecule has 2 N–H and O–H groups in total. The van der Waals surface area contributed by atoms with Gasteiger partial charge < -0.3 is 5.11 Å². The lowest BCUT2D eigenvalue weighted by atomic mass is 10.1. The van der Waals surface area contributed by atoms with E-state index in [-0.39, 0.29) is 16.3 Å². The molecule has 0 saturated carbocycles. The van der Waals surface area contributed by atoms with Gasteiger partial charge in [-0.15, -0.1) is 0 Å². The summed E-state index contributed by atoms with van der Waals surface area (Å²) in [5.74, 6) is -1.16. The average molecular weight is 372 g/mol. The Labute approximate surface area is 129 Å². The van der Waals surface area contributed by atoms with E-state index in [0.29, 0.717) is 10.0 Å². The van der Waals surface area contributed by atoms with Crippen LogP contribution < -0.4 is 4.72 Å². The largest absolute Gasteiger partial charge is 0.478 e. The number of rotatable bonds is 4. The smallest absolute Gasteiger partial charge is 0.335 e. The minimum absolute atomic E-state index is 0.0442. The molecular weight excluding hydrogens is 362 g/mol. The molecular formula is C12H10BrN3O4S. The number of benzene rings is 1. The number of carbonyl (C=O) groups is 1. The number of hydrogen-bond donors (Lipinski definition) is 2. The van der Waals surface area contributed by atoms with E-state index < -0.39 is 16.0 Å². The Morgan fingerprint density at radius 1 is 1.33 bits per heavy atom. The summed E-state index contributed by atoms with van der Waals surface area (Å²) in [6, 6.07) is 2.46. The third kappa shape index (κ3) is 3.37. The molecule has 0 fully saturated rings. The van der Waals surface area contributed by atoms with E-state index in [1.54, 1.807) is 6.92 Å². The Balaban J connectivity index is 2.52. The molecule has 1 heterocycles. The maximum absolute atomic E-state index is 12.3. The molecule has 21 heavy (non-hydrogen) atoms. The standard InChI is InChI=1S/C12H10BrN3O4S/c1-7-4-8(12(17)18)5-9(11(7)13)21(19,20)16-10-6-14-2-3-15-10/h2-6H,1H3,(H,15,16)(H,17,18). The number of aryl methyl sites for hydroxylation is 1. The van der Waals surface area contributed by atoms with E-state index >= 15 is 0 Å². The van der Waals surface area contributed by atoms with Crippen LogP contribution in [0.1, 0.15) is 15.9 Å². The molecule has 0 saturated heterocycles. The summed E-state index contributed by atoms with van der Waals surface area (Å²) in [6.07, 6.45) is 3.99. The molecule has 0 radical (unpaired) electrons. The van der Waals surface area contributed by atoms with E-state index in [1.807, 2.05) is 0 Å². The van der Waals surface area contributed by atoms with Crippen LogP contribution in [0, 0.1) is 6.92 Å². The molecule has 0 amide bonds. The van der Waals surface area contributed by atoms with Gasteiger partial charge in [0, 0.05) is 16.9 Å². The first-order valence-corrected chi connectivity index (χ1v) is 7.91. The van der Waals surface area contributed by atoms with Gasteiger partial charge in [0.25, 0.3) is 10.0 Å². The first-order chi connectivity index (χ1) is 9.81. The summed E-state index contributed by atoms with van der Waals surface area (Å²) < 4.78 is 27.2. The Morgan fingerprint density at radius 3 is 2.62 bits per heavy atom. The second-order valence-electron chi connectivity index (χ2n) is 4.11. The van der Waals surface area contributed by atoms with Gasteiger partial charge in [-0.2, -0.15) is 0 Å². The van der Waals surface area contributed by atoms with Crippen molar-refractivity contribution < 1.29 is 18.3 Å². The van der Waals surface area contributed by atoms with Gasteiger partial charge in [0.2, 0.25) is 0 Å². The van der Waals surface area contributed by atoms with Crippen molar-refractivity contribution in [3.8, 4) is 0 Å². The van der Waals surface area contributed by atoms with Gasteiger partial charge in [-0.25, -0.2) is 18.2 Å². The first-order valence-electron chi connectivity index (χ1n) is 5.63. The normalized spacial score (nSPS) is 11.1. The lowest BCUT2D eigenvalue weighted by molar-refractivity contribution is 0.0696. The highest BCUT2D eigenvalue weighted by atomic mass is 79.9. The van der Waals surface area contributed by atoms with Crippen molar-refractivity contribution in [2.45, 2.75) is 11.8 Å². The Hall–Kier alpha value is -2.00. The van der Waals surface area contributed by atoms with Gasteiger partial charge in [-0.05, 0) is 40.5 Å². The van der Waals surface area contributed by atoms with Crippen molar-refractivity contribution in [3.05, 3.63) is 46.3 Å². The number of halogens is 1. The zero-order chi connectivity index (χ0) is 15.6. The molecule has 0 unspecified atom stereocenters. The van der Waals surface area contributed by atoms with E-state index in [2.05, 4.69) is 30.6 Å². The molecule has 0 bridgehead atoms. The molecule has 2 rings (SSSR count). The SMILES string of the molecule is Cc1cc(C(=O)O)cc(S(=O)(=O)Nc2cnccn2)c1Br. The Kier molecular flexibility index (Phi) is 4.24. The van der Waals surface area contributed by atoms with Crippen molar-refractivity contribution in [3.63, 3.8) is 0 Å². The summed E-state index contributed by atoms with van der Waals surface area (Å²) in [6.45, 7) is 1.61. The van der Waals surface area contributed by atoms with Crippen LogP contribution in [0.2, 0.25) is 0 Å². The highest BCUT2D eigenvalue weighted by Crippen LogP contribution is 2.28. The molecule has 1 aromatic heterocycles. The van der Waals surface area contributed by atoms with Crippen LogP contribution in [-0.2, 0) is 10.0 Å². The molecule has 0 aliphatic carbocycles. The van der Waals surface area contributed by atoms with Crippen LogP contribution in [0.25, 0.3) is 0 Å². The number of aromatic carboxylic acids is 1. The highest BCUT2D eigenvalue weighted by Gasteiger charge is 2.22. The highest BCUT2D eigenvalue weighted by molar-refractivity contribution is 9.10. The van der Waals surface area contributed by atoms with Crippen molar-refractivity contribution in [2.75, 3.05) is 4.72 Å². The quantitative estimate of drug-likeness (QED) is 0.850. The van der Waals surface area contributed by atoms with E-state index in [9.17, 15) is 13.2 Å². The maximum atomic E-state index is 12.3. The molecule has 110 valence electrons. The fourth-order valence-corrected chi connectivity index (χ4v) is 3.64. The number of carboxylic acid groups (broad SMARTS) is 1. The molecule has 1 aromatic carbocycles. The Morgan fingerprint density at radius 2 is 2.05 bits per heavy atom. The summed E-state index contributed by atoms with van der Waals surface area (Å²) in [4.78, 5) is 18.4. The molecule has 0 spiro atoms. The van der Waals surface area contributed by atoms with Crippen LogP contribution in [0.3, 0.4) is 0 Å². The van der Waals surface area contributed by atoms with Gasteiger partial charge in [0.15, 0.2) is 5.82 Å². The first kappa shape index (κ1) is 15.4. The minimum atomic E-state index is -3.99. The van der Waals surface area contributed by atoms with E-state index in [1.165, 1.54) is 24.7 Å². The Bertz CT molecular complexity index is 794. The third-order valence-electron chi connectivity index (χ3n) is 2.56. The monoisotopic (exact) mass is 371 g/mol. The van der Waals surface area contributed by atoms with E-state index in [0.717, 1.165) is 6.07 Å². The van der Waals surface area contributed by atoms with Gasteiger partial charge in [0.05, 0.1) is 11.8 Å². The lowest BCUT2D eigenvalue weighted by Gasteiger charge is -2.11. The number of nitrogens with zero attached hydrogens (tertiary/aromatic N) is 2. The molecule has 2 aromatic rings. The lowest BCUT2D eigenvalue weighted by Crippen LogP contribution is -2.16. The van der Waals surface area contributed by atoms with Crippen LogP contribution in [0.5, 0.6) is 0 Å². The van der Waals surface area contributed by atoms with Gasteiger partial charge in [0.1, 0.15) is 4.90 Å². The summed E-state index contributed by atoms with van der Waals surface area (Å²) in [7, 11) is -3.99. The second-order valence-corrected chi connectivity index (χ2v) is 6.55. The van der Waals surface area contributed by atoms with Crippen molar-refractivity contribution >= 4 is 37.7 Å². The predicted octanol–water partition coefficient (Wildman–Crippen LogP) is 2.05. The fraction of sp³-hybridized carbons (Fsp3) is 0.0833. The van der Waals surface area contributed by atoms with Gasteiger partial charge in [-0.3, -0.25) is 9.71 Å². The minimum Gasteiger partial charge on any atom is -0.478 e. The average Bonchev–Trinajstić information content (AvgIpc) is 2.41. The van der Waals surface area contributed by atoms with Crippen LogP contribution in [0.15, 0.2) is 40.1 Å². The molecule has 0 aliphatic heterocycles. The maximum Gasteiger partial charge on any atom is 0.335 e. The van der Waals surface area contributed by atoms with E-state index in [4.69, 9.17) is 5.11 Å². The zero-order valence-corrected chi connectivity index (χ0v) is 13.1. The number of nitrogens with one attached hydrogen (secondary N) is 1. The number of carboxylic acids is 1. The predicted molar refractivity (Wildman–Crippen MR) is 78.7 cm³/mol. The van der Waals surface area contributed by atoms with Gasteiger partial charge in [-0.1, -0.05) is 0 Å².